The van der Waals surface area contributed by atoms with Crippen LogP contribution < -0.4 is 10.0 Å². The Bertz CT molecular complexity index is 455. The molecule has 0 spiro atoms. The second kappa shape index (κ2) is 5.46. The average Bonchev–Trinajstić information content (AvgIpc) is 2.30. The van der Waals surface area contributed by atoms with E-state index in [1.165, 1.54) is 31.3 Å². The second-order valence-electron chi connectivity index (χ2n) is 3.75. The molecule has 0 heterocycles. The van der Waals surface area contributed by atoms with Crippen molar-refractivity contribution >= 4 is 15.7 Å². The molecule has 0 saturated heterocycles. The summed E-state index contributed by atoms with van der Waals surface area (Å²) < 4.78 is 38.2. The zero-order valence-corrected chi connectivity index (χ0v) is 10.7. The minimum Gasteiger partial charge on any atom is -0.329 e. The zero-order chi connectivity index (χ0) is 13.1. The minimum atomic E-state index is -3.48. The standard InChI is InChI=1S/C11H17FN2O2S/c1-3-11(8-13)17(15,16)14(2)10-6-4-9(12)5-7-10/h4-7,11H,3,8,13H2,1-2H3. The Morgan fingerprint density at radius 1 is 1.35 bits per heavy atom. The van der Waals surface area contributed by atoms with E-state index in [1.54, 1.807) is 6.92 Å². The lowest BCUT2D eigenvalue weighted by Gasteiger charge is -2.24. The van der Waals surface area contributed by atoms with Gasteiger partial charge in [0.1, 0.15) is 5.82 Å². The van der Waals surface area contributed by atoms with Gasteiger partial charge in [-0.05, 0) is 30.7 Å². The summed E-state index contributed by atoms with van der Waals surface area (Å²) in [4.78, 5) is 0. The van der Waals surface area contributed by atoms with Gasteiger partial charge in [-0.2, -0.15) is 0 Å². The number of hydrogen-bond acceptors (Lipinski definition) is 3. The van der Waals surface area contributed by atoms with E-state index in [-0.39, 0.29) is 6.54 Å². The molecular formula is C11H17FN2O2S. The van der Waals surface area contributed by atoms with Gasteiger partial charge in [0, 0.05) is 13.6 Å². The van der Waals surface area contributed by atoms with Crippen LogP contribution in [0.5, 0.6) is 0 Å². The van der Waals surface area contributed by atoms with Gasteiger partial charge < -0.3 is 5.73 Å². The van der Waals surface area contributed by atoms with Gasteiger partial charge >= 0.3 is 0 Å². The van der Waals surface area contributed by atoms with Crippen LogP contribution in [0, 0.1) is 5.82 Å². The molecular weight excluding hydrogens is 243 g/mol. The lowest BCUT2D eigenvalue weighted by molar-refractivity contribution is 0.574. The molecule has 96 valence electrons. The molecule has 0 saturated carbocycles. The molecule has 1 aromatic carbocycles. The summed E-state index contributed by atoms with van der Waals surface area (Å²) in [5, 5.41) is -0.613. The highest BCUT2D eigenvalue weighted by molar-refractivity contribution is 7.93. The summed E-state index contributed by atoms with van der Waals surface area (Å²) in [5.74, 6) is -0.398. The first-order chi connectivity index (χ1) is 7.93. The fourth-order valence-corrected chi connectivity index (χ4v) is 3.05. The Morgan fingerprint density at radius 3 is 2.29 bits per heavy atom. The van der Waals surface area contributed by atoms with Crippen molar-refractivity contribution in [3.63, 3.8) is 0 Å². The number of hydrogen-bond donors (Lipinski definition) is 1. The Hall–Kier alpha value is -1.14. The third-order valence-corrected chi connectivity index (χ3v) is 5.05. The van der Waals surface area contributed by atoms with E-state index in [1.807, 2.05) is 0 Å². The summed E-state index contributed by atoms with van der Waals surface area (Å²) >= 11 is 0. The smallest absolute Gasteiger partial charge is 0.239 e. The number of nitrogens with zero attached hydrogens (tertiary/aromatic N) is 1. The molecule has 0 radical (unpaired) electrons. The van der Waals surface area contributed by atoms with Gasteiger partial charge in [-0.15, -0.1) is 0 Å². The summed E-state index contributed by atoms with van der Waals surface area (Å²) in [7, 11) is -2.04. The average molecular weight is 260 g/mol. The molecule has 1 unspecified atom stereocenters. The molecule has 0 amide bonds. The highest BCUT2D eigenvalue weighted by atomic mass is 32.2. The van der Waals surface area contributed by atoms with Crippen LogP contribution in [0.2, 0.25) is 0 Å². The molecule has 4 nitrogen and oxygen atoms in total. The summed E-state index contributed by atoms with van der Waals surface area (Å²) in [6, 6.07) is 5.31. The molecule has 0 aliphatic heterocycles. The predicted octanol–water partition coefficient (Wildman–Crippen LogP) is 1.33. The molecule has 0 aromatic heterocycles. The Kier molecular flexibility index (Phi) is 4.47. The first-order valence-corrected chi connectivity index (χ1v) is 6.87. The molecule has 1 atom stereocenters. The Morgan fingerprint density at radius 2 is 1.88 bits per heavy atom. The minimum absolute atomic E-state index is 0.0738. The van der Waals surface area contributed by atoms with Crippen molar-refractivity contribution in [2.45, 2.75) is 18.6 Å². The highest BCUT2D eigenvalue weighted by Crippen LogP contribution is 2.20. The van der Waals surface area contributed by atoms with Crippen LogP contribution >= 0.6 is 0 Å². The van der Waals surface area contributed by atoms with E-state index in [9.17, 15) is 12.8 Å². The van der Waals surface area contributed by atoms with E-state index < -0.39 is 21.1 Å². The molecule has 0 aliphatic carbocycles. The van der Waals surface area contributed by atoms with E-state index in [2.05, 4.69) is 0 Å². The van der Waals surface area contributed by atoms with Crippen molar-refractivity contribution in [1.82, 2.24) is 0 Å². The fourth-order valence-electron chi connectivity index (χ4n) is 1.52. The number of sulfonamides is 1. The zero-order valence-electron chi connectivity index (χ0n) is 9.93. The van der Waals surface area contributed by atoms with Gasteiger partial charge in [0.05, 0.1) is 10.9 Å². The van der Waals surface area contributed by atoms with Crippen molar-refractivity contribution in [2.75, 3.05) is 17.9 Å². The molecule has 1 aromatic rings. The normalized spacial score (nSPS) is 13.4. The van der Waals surface area contributed by atoms with Crippen molar-refractivity contribution in [3.8, 4) is 0 Å². The van der Waals surface area contributed by atoms with E-state index in [4.69, 9.17) is 5.73 Å². The van der Waals surface area contributed by atoms with Crippen LogP contribution in [0.15, 0.2) is 24.3 Å². The lowest BCUT2D eigenvalue weighted by Crippen LogP contribution is -2.40. The van der Waals surface area contributed by atoms with E-state index in [0.717, 1.165) is 4.31 Å². The summed E-state index contributed by atoms with van der Waals surface area (Å²) in [6.07, 6.45) is 0.449. The third-order valence-electron chi connectivity index (χ3n) is 2.71. The molecule has 6 heteroatoms. The largest absolute Gasteiger partial charge is 0.329 e. The molecule has 17 heavy (non-hydrogen) atoms. The summed E-state index contributed by atoms with van der Waals surface area (Å²) in [6.45, 7) is 1.85. The highest BCUT2D eigenvalue weighted by Gasteiger charge is 2.27. The van der Waals surface area contributed by atoms with Crippen LogP contribution in [-0.2, 0) is 10.0 Å². The third kappa shape index (κ3) is 2.95. The summed E-state index contributed by atoms with van der Waals surface area (Å²) in [5.41, 5.74) is 5.87. The molecule has 0 aliphatic rings. The quantitative estimate of drug-likeness (QED) is 0.868. The first-order valence-electron chi connectivity index (χ1n) is 5.36. The SMILES string of the molecule is CCC(CN)S(=O)(=O)N(C)c1ccc(F)cc1. The van der Waals surface area contributed by atoms with Gasteiger partial charge in [0.25, 0.3) is 0 Å². The van der Waals surface area contributed by atoms with Gasteiger partial charge in [0.15, 0.2) is 0 Å². The predicted molar refractivity (Wildman–Crippen MR) is 66.9 cm³/mol. The maximum atomic E-state index is 12.7. The van der Waals surface area contributed by atoms with Crippen LogP contribution in [-0.4, -0.2) is 27.3 Å². The topological polar surface area (TPSA) is 63.4 Å². The second-order valence-corrected chi connectivity index (χ2v) is 6.00. The van der Waals surface area contributed by atoms with Gasteiger partial charge in [-0.3, -0.25) is 4.31 Å². The van der Waals surface area contributed by atoms with Gasteiger partial charge in [0.2, 0.25) is 10.0 Å². The number of benzene rings is 1. The van der Waals surface area contributed by atoms with Crippen molar-refractivity contribution in [2.24, 2.45) is 5.73 Å². The van der Waals surface area contributed by atoms with E-state index in [0.29, 0.717) is 12.1 Å². The maximum absolute atomic E-state index is 12.7. The Balaban J connectivity index is 3.03. The molecule has 2 N–H and O–H groups in total. The van der Waals surface area contributed by atoms with Crippen molar-refractivity contribution in [3.05, 3.63) is 30.1 Å². The first kappa shape index (κ1) is 13.9. The number of rotatable bonds is 5. The maximum Gasteiger partial charge on any atom is 0.239 e. The lowest BCUT2D eigenvalue weighted by atomic mass is 10.3. The van der Waals surface area contributed by atoms with Gasteiger partial charge in [-0.25, -0.2) is 12.8 Å². The van der Waals surface area contributed by atoms with Crippen molar-refractivity contribution in [1.29, 1.82) is 0 Å². The fraction of sp³-hybridized carbons (Fsp3) is 0.455. The monoisotopic (exact) mass is 260 g/mol. The van der Waals surface area contributed by atoms with E-state index >= 15 is 0 Å². The van der Waals surface area contributed by atoms with Crippen LogP contribution in [0.25, 0.3) is 0 Å². The number of anilines is 1. The van der Waals surface area contributed by atoms with Crippen molar-refractivity contribution < 1.29 is 12.8 Å². The molecule has 1 rings (SSSR count). The number of nitrogens with two attached hydrogens (primary N) is 1. The molecule has 0 fully saturated rings. The Labute approximate surface area is 101 Å². The van der Waals surface area contributed by atoms with Crippen LogP contribution in [0.1, 0.15) is 13.3 Å². The van der Waals surface area contributed by atoms with Crippen LogP contribution in [0.3, 0.4) is 0 Å². The van der Waals surface area contributed by atoms with Crippen LogP contribution in [0.4, 0.5) is 10.1 Å². The molecule has 0 bridgehead atoms. The number of halogens is 1. The van der Waals surface area contributed by atoms with Gasteiger partial charge in [-0.1, -0.05) is 6.92 Å².